The number of esters is 1. The standard InChI is InChI=1S/C20H36O4/c1-5-9-12-15-18(21)16(13-10-6-2)19(22)17(14-11-7-3)20(23)24-8-4/h16-17H,5-15H2,1-4H3/t16-,17-/m0/s1. The van der Waals surface area contributed by atoms with Crippen LogP contribution in [0.5, 0.6) is 0 Å². The van der Waals surface area contributed by atoms with Gasteiger partial charge in [-0.15, -0.1) is 0 Å². The molecule has 0 heterocycles. The summed E-state index contributed by atoms with van der Waals surface area (Å²) in [6.07, 6.45) is 7.82. The van der Waals surface area contributed by atoms with Gasteiger partial charge in [-0.25, -0.2) is 0 Å². The molecule has 0 aliphatic rings. The highest BCUT2D eigenvalue weighted by Gasteiger charge is 2.35. The van der Waals surface area contributed by atoms with Crippen LogP contribution in [-0.2, 0) is 19.1 Å². The largest absolute Gasteiger partial charge is 0.465 e. The van der Waals surface area contributed by atoms with E-state index in [0.717, 1.165) is 44.9 Å². The monoisotopic (exact) mass is 340 g/mol. The van der Waals surface area contributed by atoms with Crippen LogP contribution in [0.1, 0.15) is 91.9 Å². The number of hydrogen-bond donors (Lipinski definition) is 0. The van der Waals surface area contributed by atoms with Crippen molar-refractivity contribution in [2.24, 2.45) is 11.8 Å². The topological polar surface area (TPSA) is 60.4 Å². The molecule has 0 aromatic heterocycles. The van der Waals surface area contributed by atoms with Gasteiger partial charge in [-0.1, -0.05) is 59.3 Å². The van der Waals surface area contributed by atoms with Gasteiger partial charge < -0.3 is 4.74 Å². The highest BCUT2D eigenvalue weighted by molar-refractivity contribution is 6.10. The maximum Gasteiger partial charge on any atom is 0.316 e. The molecule has 0 aliphatic heterocycles. The zero-order valence-corrected chi connectivity index (χ0v) is 16.1. The fourth-order valence-corrected chi connectivity index (χ4v) is 2.86. The van der Waals surface area contributed by atoms with Crippen molar-refractivity contribution in [1.82, 2.24) is 0 Å². The van der Waals surface area contributed by atoms with E-state index in [4.69, 9.17) is 4.74 Å². The maximum atomic E-state index is 12.9. The fraction of sp³-hybridized carbons (Fsp3) is 0.850. The van der Waals surface area contributed by atoms with Crippen LogP contribution in [0.4, 0.5) is 0 Å². The van der Waals surface area contributed by atoms with E-state index in [2.05, 4.69) is 6.92 Å². The SMILES string of the molecule is CCCCCC(=O)[C@H](CCCC)C(=O)[C@H](CCCC)C(=O)OCC. The summed E-state index contributed by atoms with van der Waals surface area (Å²) in [5.41, 5.74) is 0. The molecule has 140 valence electrons. The third-order valence-corrected chi connectivity index (χ3v) is 4.37. The first kappa shape index (κ1) is 22.8. The molecule has 24 heavy (non-hydrogen) atoms. The minimum atomic E-state index is -0.776. The van der Waals surface area contributed by atoms with Gasteiger partial charge in [0, 0.05) is 6.42 Å². The second-order valence-electron chi connectivity index (χ2n) is 6.47. The lowest BCUT2D eigenvalue weighted by Crippen LogP contribution is -2.35. The van der Waals surface area contributed by atoms with Gasteiger partial charge in [-0.2, -0.15) is 0 Å². The Hall–Kier alpha value is -1.19. The summed E-state index contributed by atoms with van der Waals surface area (Å²) < 4.78 is 5.08. The number of ether oxygens (including phenoxy) is 1. The Bertz CT molecular complexity index is 376. The molecule has 4 nitrogen and oxygen atoms in total. The van der Waals surface area contributed by atoms with Gasteiger partial charge in [0.1, 0.15) is 11.7 Å². The Balaban J connectivity index is 5.10. The number of carbonyl (C=O) groups is 3. The first-order chi connectivity index (χ1) is 11.5. The van der Waals surface area contributed by atoms with Gasteiger partial charge in [-0.3, -0.25) is 14.4 Å². The van der Waals surface area contributed by atoms with Crippen LogP contribution in [0.15, 0.2) is 0 Å². The van der Waals surface area contributed by atoms with E-state index in [9.17, 15) is 14.4 Å². The van der Waals surface area contributed by atoms with Gasteiger partial charge in [0.2, 0.25) is 0 Å². The van der Waals surface area contributed by atoms with Crippen LogP contribution in [0.2, 0.25) is 0 Å². The smallest absolute Gasteiger partial charge is 0.316 e. The molecule has 0 aromatic rings. The molecule has 2 atom stereocenters. The third-order valence-electron chi connectivity index (χ3n) is 4.37. The van der Waals surface area contributed by atoms with Gasteiger partial charge in [-0.05, 0) is 26.2 Å². The van der Waals surface area contributed by atoms with Gasteiger partial charge >= 0.3 is 5.97 Å². The Morgan fingerprint density at radius 2 is 1.29 bits per heavy atom. The number of hydrogen-bond acceptors (Lipinski definition) is 4. The number of unbranched alkanes of at least 4 members (excludes halogenated alkanes) is 4. The molecular formula is C20H36O4. The molecule has 0 unspecified atom stereocenters. The molecule has 4 heteroatoms. The normalized spacial score (nSPS) is 13.3. The Morgan fingerprint density at radius 3 is 1.79 bits per heavy atom. The van der Waals surface area contributed by atoms with E-state index in [1.807, 2.05) is 13.8 Å². The average molecular weight is 341 g/mol. The summed E-state index contributed by atoms with van der Waals surface area (Å²) in [5, 5.41) is 0. The van der Waals surface area contributed by atoms with Crippen LogP contribution in [0.25, 0.3) is 0 Å². The zero-order valence-electron chi connectivity index (χ0n) is 16.1. The van der Waals surface area contributed by atoms with Crippen LogP contribution in [-0.4, -0.2) is 24.1 Å². The quantitative estimate of drug-likeness (QED) is 0.242. The minimum absolute atomic E-state index is 0.00713. The van der Waals surface area contributed by atoms with Crippen molar-refractivity contribution in [2.75, 3.05) is 6.61 Å². The number of carbonyl (C=O) groups excluding carboxylic acids is 3. The van der Waals surface area contributed by atoms with Crippen molar-refractivity contribution < 1.29 is 19.1 Å². The van der Waals surface area contributed by atoms with Gasteiger partial charge in [0.25, 0.3) is 0 Å². The Labute approximate surface area is 147 Å². The van der Waals surface area contributed by atoms with Gasteiger partial charge in [0.15, 0.2) is 5.78 Å². The Morgan fingerprint density at radius 1 is 0.750 bits per heavy atom. The first-order valence-electron chi connectivity index (χ1n) is 9.76. The molecule has 0 N–H and O–H groups in total. The number of rotatable bonds is 15. The van der Waals surface area contributed by atoms with E-state index in [-0.39, 0.29) is 18.2 Å². The van der Waals surface area contributed by atoms with Crippen LogP contribution >= 0.6 is 0 Å². The van der Waals surface area contributed by atoms with Crippen molar-refractivity contribution in [3.63, 3.8) is 0 Å². The second kappa shape index (κ2) is 14.2. The average Bonchev–Trinajstić information content (AvgIpc) is 2.56. The van der Waals surface area contributed by atoms with E-state index in [1.165, 1.54) is 0 Å². The highest BCUT2D eigenvalue weighted by atomic mass is 16.5. The van der Waals surface area contributed by atoms with Crippen LogP contribution in [0, 0.1) is 11.8 Å². The van der Waals surface area contributed by atoms with Crippen LogP contribution < -0.4 is 0 Å². The third kappa shape index (κ3) is 8.60. The predicted octanol–water partition coefficient (Wildman–Crippen LogP) is 4.88. The summed E-state index contributed by atoms with van der Waals surface area (Å²) in [5.74, 6) is -2.07. The van der Waals surface area contributed by atoms with E-state index < -0.39 is 17.8 Å². The molecule has 0 aromatic carbocycles. The van der Waals surface area contributed by atoms with Crippen molar-refractivity contribution in [1.29, 1.82) is 0 Å². The predicted molar refractivity (Wildman–Crippen MR) is 96.8 cm³/mol. The van der Waals surface area contributed by atoms with Crippen molar-refractivity contribution in [3.8, 4) is 0 Å². The minimum Gasteiger partial charge on any atom is -0.465 e. The highest BCUT2D eigenvalue weighted by Crippen LogP contribution is 2.23. The molecule has 0 spiro atoms. The maximum absolute atomic E-state index is 12.9. The zero-order chi connectivity index (χ0) is 18.4. The van der Waals surface area contributed by atoms with Crippen LogP contribution in [0.3, 0.4) is 0 Å². The number of ketones is 2. The summed E-state index contributed by atoms with van der Waals surface area (Å²) in [6, 6.07) is 0. The van der Waals surface area contributed by atoms with E-state index >= 15 is 0 Å². The lowest BCUT2D eigenvalue weighted by atomic mass is 9.82. The summed E-state index contributed by atoms with van der Waals surface area (Å²) in [7, 11) is 0. The first-order valence-corrected chi connectivity index (χ1v) is 9.76. The van der Waals surface area contributed by atoms with Crippen molar-refractivity contribution >= 4 is 17.5 Å². The molecule has 0 amide bonds. The lowest BCUT2D eigenvalue weighted by Gasteiger charge is -2.20. The fourth-order valence-electron chi connectivity index (χ4n) is 2.86. The molecular weight excluding hydrogens is 304 g/mol. The second-order valence-corrected chi connectivity index (χ2v) is 6.47. The van der Waals surface area contributed by atoms with E-state index in [1.54, 1.807) is 6.92 Å². The number of Topliss-reactive ketones (excluding diaryl/α,β-unsaturated/α-hetero) is 2. The molecule has 0 fully saturated rings. The molecule has 0 radical (unpaired) electrons. The Kier molecular flexibility index (Phi) is 13.5. The van der Waals surface area contributed by atoms with Gasteiger partial charge in [0.05, 0.1) is 12.5 Å². The molecule has 0 saturated heterocycles. The summed E-state index contributed by atoms with van der Waals surface area (Å²) >= 11 is 0. The molecule has 0 aliphatic carbocycles. The molecule has 0 saturated carbocycles. The van der Waals surface area contributed by atoms with E-state index in [0.29, 0.717) is 19.3 Å². The summed E-state index contributed by atoms with van der Waals surface area (Å²) in [6.45, 7) is 8.16. The van der Waals surface area contributed by atoms with Crippen molar-refractivity contribution in [3.05, 3.63) is 0 Å². The molecule has 0 bridgehead atoms. The van der Waals surface area contributed by atoms with Crippen molar-refractivity contribution in [2.45, 2.75) is 91.9 Å². The molecule has 0 rings (SSSR count). The summed E-state index contributed by atoms with van der Waals surface area (Å²) in [4.78, 5) is 37.7. The lowest BCUT2D eigenvalue weighted by molar-refractivity contribution is -0.153.